The van der Waals surface area contributed by atoms with Crippen molar-refractivity contribution in [1.29, 1.82) is 0 Å². The Hall–Kier alpha value is -0.200. The summed E-state index contributed by atoms with van der Waals surface area (Å²) in [7, 11) is 8.39. The zero-order chi connectivity index (χ0) is 27.5. The summed E-state index contributed by atoms with van der Waals surface area (Å²) in [5.74, 6) is -1.24. The van der Waals surface area contributed by atoms with Crippen LogP contribution in [-0.2, 0) is 23.7 Å². The van der Waals surface area contributed by atoms with E-state index < -0.39 is 11.8 Å². The third kappa shape index (κ3) is 21.3. The van der Waals surface area contributed by atoms with Crippen LogP contribution in [0.25, 0.3) is 0 Å². The highest BCUT2D eigenvalue weighted by Gasteiger charge is 2.28. The molecule has 0 atom stereocenters. The Bertz CT molecular complexity index is 440. The fourth-order valence-corrected chi connectivity index (χ4v) is 5.17. The van der Waals surface area contributed by atoms with Crippen LogP contribution in [0, 0.1) is 0 Å². The molecular formula is C32H66O5. The largest absolute Gasteiger partial charge is 0.353 e. The van der Waals surface area contributed by atoms with Crippen molar-refractivity contribution in [2.24, 2.45) is 0 Å². The first-order valence-corrected chi connectivity index (χ1v) is 15.8. The van der Waals surface area contributed by atoms with Gasteiger partial charge in [-0.05, 0) is 19.8 Å². The van der Waals surface area contributed by atoms with E-state index in [2.05, 4.69) is 0 Å². The molecule has 224 valence electrons. The first kappa shape index (κ1) is 36.8. The van der Waals surface area contributed by atoms with Gasteiger partial charge in [-0.2, -0.15) is 0 Å². The van der Waals surface area contributed by atoms with Gasteiger partial charge in [-0.1, -0.05) is 128 Å². The number of rotatable bonds is 30. The lowest BCUT2D eigenvalue weighted by molar-refractivity contribution is -0.355. The third-order valence-electron chi connectivity index (χ3n) is 8.16. The lowest BCUT2D eigenvalue weighted by atomic mass is 10.0. The van der Waals surface area contributed by atoms with E-state index in [1.807, 2.05) is 6.92 Å². The van der Waals surface area contributed by atoms with Gasteiger partial charge in [0.2, 0.25) is 0 Å². The fourth-order valence-electron chi connectivity index (χ4n) is 5.17. The lowest BCUT2D eigenvalue weighted by Gasteiger charge is -2.28. The van der Waals surface area contributed by atoms with Crippen LogP contribution in [0.4, 0.5) is 0 Å². The molecule has 5 heteroatoms. The van der Waals surface area contributed by atoms with Gasteiger partial charge >= 0.3 is 0 Å². The molecule has 0 aromatic rings. The Kier molecular flexibility index (Phi) is 25.9. The second-order valence-electron chi connectivity index (χ2n) is 11.1. The van der Waals surface area contributed by atoms with E-state index in [4.69, 9.17) is 23.7 Å². The minimum Gasteiger partial charge on any atom is -0.353 e. The quantitative estimate of drug-likeness (QED) is 0.0683. The second-order valence-corrected chi connectivity index (χ2v) is 11.1. The van der Waals surface area contributed by atoms with Crippen LogP contribution < -0.4 is 0 Å². The molecular weight excluding hydrogens is 464 g/mol. The molecule has 0 heterocycles. The predicted molar refractivity (Wildman–Crippen MR) is 157 cm³/mol. The second kappa shape index (κ2) is 26.0. The minimum absolute atomic E-state index is 0.393. The summed E-state index contributed by atoms with van der Waals surface area (Å²) in [6.07, 6.45) is 31.9. The average molecular weight is 531 g/mol. The summed E-state index contributed by atoms with van der Waals surface area (Å²) < 4.78 is 26.9. The van der Waals surface area contributed by atoms with Crippen LogP contribution >= 0.6 is 0 Å². The molecule has 0 N–H and O–H groups in total. The summed E-state index contributed by atoms with van der Waals surface area (Å²) in [6.45, 7) is 2.03. The van der Waals surface area contributed by atoms with Gasteiger partial charge in [-0.15, -0.1) is 0 Å². The van der Waals surface area contributed by atoms with Crippen molar-refractivity contribution in [3.8, 4) is 0 Å². The summed E-state index contributed by atoms with van der Waals surface area (Å²) in [5.41, 5.74) is 0. The topological polar surface area (TPSA) is 46.2 Å². The van der Waals surface area contributed by atoms with Gasteiger partial charge < -0.3 is 23.7 Å². The third-order valence-corrected chi connectivity index (χ3v) is 8.16. The Balaban J connectivity index is 3.22. The molecule has 0 rings (SSSR count). The van der Waals surface area contributed by atoms with E-state index >= 15 is 0 Å². The van der Waals surface area contributed by atoms with Crippen molar-refractivity contribution < 1.29 is 23.7 Å². The van der Waals surface area contributed by atoms with Crippen LogP contribution in [0.2, 0.25) is 0 Å². The molecule has 0 aromatic carbocycles. The highest BCUT2D eigenvalue weighted by Crippen LogP contribution is 2.22. The maximum atomic E-state index is 5.42. The number of hydrogen-bond acceptors (Lipinski definition) is 5. The molecule has 0 spiro atoms. The van der Waals surface area contributed by atoms with Gasteiger partial charge in [0.05, 0.1) is 0 Å². The fraction of sp³-hybridized carbons (Fsp3) is 1.00. The SMILES string of the molecule is COC(C)(CCCCCCCCCCCCCCCCCCCCCCCCC(OC)(OC)OC)OC. The van der Waals surface area contributed by atoms with Gasteiger partial charge in [-0.25, -0.2) is 0 Å². The van der Waals surface area contributed by atoms with Crippen molar-refractivity contribution in [1.82, 2.24) is 0 Å². The van der Waals surface area contributed by atoms with E-state index in [-0.39, 0.29) is 0 Å². The van der Waals surface area contributed by atoms with E-state index in [0.29, 0.717) is 0 Å². The summed E-state index contributed by atoms with van der Waals surface area (Å²) in [5, 5.41) is 0. The maximum Gasteiger partial charge on any atom is 0.282 e. The molecule has 0 amide bonds. The molecule has 0 aliphatic heterocycles. The molecule has 0 aromatic heterocycles. The summed E-state index contributed by atoms with van der Waals surface area (Å²) >= 11 is 0. The molecule has 0 radical (unpaired) electrons. The minimum atomic E-state index is -0.848. The predicted octanol–water partition coefficient (Wildman–Crippen LogP) is 9.95. The number of methoxy groups -OCH3 is 5. The molecule has 37 heavy (non-hydrogen) atoms. The molecule has 0 unspecified atom stereocenters. The zero-order valence-electron chi connectivity index (χ0n) is 26.0. The van der Waals surface area contributed by atoms with Crippen molar-refractivity contribution >= 4 is 0 Å². The molecule has 0 fully saturated rings. The van der Waals surface area contributed by atoms with Gasteiger partial charge in [0.25, 0.3) is 5.97 Å². The van der Waals surface area contributed by atoms with Gasteiger partial charge in [-0.3, -0.25) is 0 Å². The van der Waals surface area contributed by atoms with Crippen LogP contribution in [0.15, 0.2) is 0 Å². The maximum absolute atomic E-state index is 5.42. The highest BCUT2D eigenvalue weighted by molar-refractivity contribution is 4.62. The van der Waals surface area contributed by atoms with Crippen LogP contribution in [0.3, 0.4) is 0 Å². The first-order chi connectivity index (χ1) is 18.0. The zero-order valence-corrected chi connectivity index (χ0v) is 26.0. The van der Waals surface area contributed by atoms with Crippen LogP contribution in [0.1, 0.15) is 161 Å². The molecule has 5 nitrogen and oxygen atoms in total. The Morgan fingerprint density at radius 1 is 0.297 bits per heavy atom. The Morgan fingerprint density at radius 3 is 0.730 bits per heavy atom. The Labute approximate surface area is 232 Å². The van der Waals surface area contributed by atoms with Gasteiger partial charge in [0.1, 0.15) is 0 Å². The van der Waals surface area contributed by atoms with Crippen molar-refractivity contribution in [2.75, 3.05) is 35.5 Å². The molecule has 0 aliphatic carbocycles. The monoisotopic (exact) mass is 530 g/mol. The lowest BCUT2D eigenvalue weighted by Crippen LogP contribution is -2.35. The molecule has 0 saturated carbocycles. The number of hydrogen-bond donors (Lipinski definition) is 0. The first-order valence-electron chi connectivity index (χ1n) is 15.8. The van der Waals surface area contributed by atoms with Gasteiger partial charge in [0, 0.05) is 48.4 Å². The smallest absolute Gasteiger partial charge is 0.282 e. The normalized spacial score (nSPS) is 12.5. The van der Waals surface area contributed by atoms with Crippen molar-refractivity contribution in [2.45, 2.75) is 173 Å². The van der Waals surface area contributed by atoms with Gasteiger partial charge in [0.15, 0.2) is 5.79 Å². The van der Waals surface area contributed by atoms with E-state index in [9.17, 15) is 0 Å². The highest BCUT2D eigenvalue weighted by atomic mass is 16.9. The molecule has 0 saturated heterocycles. The summed E-state index contributed by atoms with van der Waals surface area (Å²) in [4.78, 5) is 0. The number of unbranched alkanes of at least 4 members (excludes halogenated alkanes) is 21. The van der Waals surface area contributed by atoms with E-state index in [1.165, 1.54) is 135 Å². The van der Waals surface area contributed by atoms with Crippen LogP contribution in [-0.4, -0.2) is 47.3 Å². The van der Waals surface area contributed by atoms with Crippen molar-refractivity contribution in [3.05, 3.63) is 0 Å². The van der Waals surface area contributed by atoms with E-state index in [0.717, 1.165) is 19.3 Å². The number of ether oxygens (including phenoxy) is 5. The Morgan fingerprint density at radius 2 is 0.514 bits per heavy atom. The average Bonchev–Trinajstić information content (AvgIpc) is 2.93. The standard InChI is InChI=1S/C32H66O5/c1-31(33-2,34-3)29-27-25-23-21-19-17-15-13-11-9-7-8-10-12-14-16-18-20-22-24-26-28-30-32(35-4,36-5)37-6/h7-30H2,1-6H3. The summed E-state index contributed by atoms with van der Waals surface area (Å²) in [6, 6.07) is 0. The van der Waals surface area contributed by atoms with Crippen LogP contribution in [0.5, 0.6) is 0 Å². The molecule has 0 aliphatic rings. The van der Waals surface area contributed by atoms with Crippen molar-refractivity contribution in [3.63, 3.8) is 0 Å². The van der Waals surface area contributed by atoms with E-state index in [1.54, 1.807) is 35.5 Å². The molecule has 0 bridgehead atoms.